The lowest BCUT2D eigenvalue weighted by Gasteiger charge is -2.10. The number of sulfonamides is 1. The van der Waals surface area contributed by atoms with Crippen LogP contribution in [0.25, 0.3) is 0 Å². The molecule has 7 heteroatoms. The average molecular weight is 362 g/mol. The molecule has 2 N–H and O–H groups in total. The fourth-order valence-corrected chi connectivity index (χ4v) is 5.21. The van der Waals surface area contributed by atoms with Crippen LogP contribution in [0, 0.1) is 13.8 Å². The number of halogens is 1. The number of aromatic hydroxyl groups is 1. The Morgan fingerprint density at radius 3 is 2.47 bits per heavy atom. The predicted octanol–water partition coefficient (Wildman–Crippen LogP) is 3.63. The molecule has 0 spiro atoms. The zero-order valence-electron chi connectivity index (χ0n) is 10.3. The van der Waals surface area contributed by atoms with Crippen LogP contribution in [0.3, 0.4) is 0 Å². The first-order chi connectivity index (χ1) is 8.79. The van der Waals surface area contributed by atoms with Gasteiger partial charge in [-0.15, -0.1) is 11.3 Å². The molecule has 0 unspecified atom stereocenters. The largest absolute Gasteiger partial charge is 0.508 e. The van der Waals surface area contributed by atoms with Crippen molar-refractivity contribution in [2.24, 2.45) is 0 Å². The normalized spacial score (nSPS) is 11.5. The van der Waals surface area contributed by atoms with Crippen molar-refractivity contribution >= 4 is 43.0 Å². The van der Waals surface area contributed by atoms with E-state index in [9.17, 15) is 13.5 Å². The summed E-state index contributed by atoms with van der Waals surface area (Å²) in [6.07, 6.45) is 0. The van der Waals surface area contributed by atoms with Crippen LogP contribution in [0.5, 0.6) is 5.75 Å². The number of thiophene rings is 1. The van der Waals surface area contributed by atoms with Gasteiger partial charge in [-0.25, -0.2) is 8.42 Å². The maximum absolute atomic E-state index is 12.3. The molecule has 0 aliphatic heterocycles. The molecule has 0 amide bonds. The number of anilines is 1. The number of phenols is 1. The summed E-state index contributed by atoms with van der Waals surface area (Å²) in [5, 5.41) is 9.32. The highest BCUT2D eigenvalue weighted by atomic mass is 79.9. The highest BCUT2D eigenvalue weighted by Gasteiger charge is 2.20. The van der Waals surface area contributed by atoms with Crippen LogP contribution < -0.4 is 4.72 Å². The van der Waals surface area contributed by atoms with Crippen molar-refractivity contribution in [3.05, 3.63) is 38.5 Å². The quantitative estimate of drug-likeness (QED) is 0.820. The van der Waals surface area contributed by atoms with Crippen molar-refractivity contribution in [1.82, 2.24) is 0 Å². The van der Waals surface area contributed by atoms with E-state index >= 15 is 0 Å². The third-order valence-electron chi connectivity index (χ3n) is 2.59. The standard InChI is InChI=1S/C12H12BrNO3S2/c1-7-5-9(15)3-4-10(7)14-19(16,17)11-6-12(13)18-8(11)2/h3-6,14-15H,1-2H3. The summed E-state index contributed by atoms with van der Waals surface area (Å²) in [6, 6.07) is 6.08. The van der Waals surface area contributed by atoms with Gasteiger partial charge in [0.2, 0.25) is 0 Å². The molecule has 0 aliphatic carbocycles. The van der Waals surface area contributed by atoms with Crippen molar-refractivity contribution in [3.8, 4) is 5.75 Å². The number of benzene rings is 1. The first kappa shape index (κ1) is 14.4. The lowest BCUT2D eigenvalue weighted by molar-refractivity contribution is 0.475. The molecular weight excluding hydrogens is 350 g/mol. The average Bonchev–Trinajstić information content (AvgIpc) is 2.63. The van der Waals surface area contributed by atoms with E-state index in [0.29, 0.717) is 11.3 Å². The molecule has 0 atom stereocenters. The zero-order valence-corrected chi connectivity index (χ0v) is 13.5. The van der Waals surface area contributed by atoms with Gasteiger partial charge in [0, 0.05) is 4.88 Å². The second kappa shape index (κ2) is 5.15. The Morgan fingerprint density at radius 1 is 1.26 bits per heavy atom. The van der Waals surface area contributed by atoms with E-state index in [-0.39, 0.29) is 10.6 Å². The SMILES string of the molecule is Cc1cc(O)ccc1NS(=O)(=O)c1cc(Br)sc1C. The molecule has 0 aliphatic rings. The third-order valence-corrected chi connectivity index (χ3v) is 5.76. The molecule has 102 valence electrons. The van der Waals surface area contributed by atoms with Gasteiger partial charge in [-0.3, -0.25) is 4.72 Å². The van der Waals surface area contributed by atoms with Crippen LogP contribution in [0.15, 0.2) is 32.9 Å². The maximum Gasteiger partial charge on any atom is 0.263 e. The van der Waals surface area contributed by atoms with Crippen molar-refractivity contribution in [2.45, 2.75) is 18.7 Å². The molecular formula is C12H12BrNO3S2. The van der Waals surface area contributed by atoms with Crippen LogP contribution in [-0.4, -0.2) is 13.5 Å². The van der Waals surface area contributed by atoms with Crippen molar-refractivity contribution in [2.75, 3.05) is 4.72 Å². The molecule has 0 saturated heterocycles. The Bertz CT molecular complexity index is 723. The number of nitrogens with one attached hydrogen (secondary N) is 1. The number of aryl methyl sites for hydroxylation is 2. The molecule has 4 nitrogen and oxygen atoms in total. The molecule has 1 heterocycles. The van der Waals surface area contributed by atoms with Gasteiger partial charge in [0.05, 0.1) is 9.47 Å². The molecule has 2 aromatic rings. The Labute approximate surface area is 124 Å². The minimum atomic E-state index is -3.61. The summed E-state index contributed by atoms with van der Waals surface area (Å²) in [5.41, 5.74) is 1.12. The van der Waals surface area contributed by atoms with Gasteiger partial charge < -0.3 is 5.11 Å². The van der Waals surface area contributed by atoms with Crippen LogP contribution in [0.4, 0.5) is 5.69 Å². The van der Waals surface area contributed by atoms with Gasteiger partial charge in [-0.2, -0.15) is 0 Å². The Kier molecular flexibility index (Phi) is 3.89. The molecule has 1 aromatic carbocycles. The molecule has 1 aromatic heterocycles. The summed E-state index contributed by atoms with van der Waals surface area (Å²) in [6.45, 7) is 3.49. The molecule has 0 radical (unpaired) electrons. The van der Waals surface area contributed by atoms with E-state index in [1.54, 1.807) is 26.0 Å². The van der Waals surface area contributed by atoms with E-state index in [1.165, 1.54) is 23.5 Å². The minimum Gasteiger partial charge on any atom is -0.508 e. The number of rotatable bonds is 3. The molecule has 2 rings (SSSR count). The van der Waals surface area contributed by atoms with Crippen molar-refractivity contribution in [3.63, 3.8) is 0 Å². The predicted molar refractivity (Wildman–Crippen MR) is 80.4 cm³/mol. The molecule has 19 heavy (non-hydrogen) atoms. The zero-order chi connectivity index (χ0) is 14.2. The summed E-state index contributed by atoms with van der Waals surface area (Å²) >= 11 is 4.65. The maximum atomic E-state index is 12.3. The van der Waals surface area contributed by atoms with E-state index in [2.05, 4.69) is 20.7 Å². The van der Waals surface area contributed by atoms with Crippen molar-refractivity contribution in [1.29, 1.82) is 0 Å². The van der Waals surface area contributed by atoms with Gasteiger partial charge in [0.25, 0.3) is 10.0 Å². The second-order valence-electron chi connectivity index (χ2n) is 4.08. The van der Waals surface area contributed by atoms with Gasteiger partial charge in [-0.05, 0) is 59.6 Å². The third kappa shape index (κ3) is 3.10. The van der Waals surface area contributed by atoms with Gasteiger partial charge in [-0.1, -0.05) is 0 Å². The Hall–Kier alpha value is -1.05. The van der Waals surface area contributed by atoms with Crippen molar-refractivity contribution < 1.29 is 13.5 Å². The molecule has 0 bridgehead atoms. The second-order valence-corrected chi connectivity index (χ2v) is 8.36. The minimum absolute atomic E-state index is 0.106. The summed E-state index contributed by atoms with van der Waals surface area (Å²) in [5.74, 6) is 0.106. The Morgan fingerprint density at radius 2 is 1.95 bits per heavy atom. The summed E-state index contributed by atoms with van der Waals surface area (Å²) < 4.78 is 27.9. The lowest BCUT2D eigenvalue weighted by atomic mass is 10.2. The number of hydrogen-bond acceptors (Lipinski definition) is 4. The molecule has 0 saturated carbocycles. The van der Waals surface area contributed by atoms with Crippen LogP contribution in [0.1, 0.15) is 10.4 Å². The first-order valence-electron chi connectivity index (χ1n) is 5.38. The smallest absolute Gasteiger partial charge is 0.263 e. The van der Waals surface area contributed by atoms with Crippen LogP contribution >= 0.6 is 27.3 Å². The van der Waals surface area contributed by atoms with Gasteiger partial charge in [0.15, 0.2) is 0 Å². The topological polar surface area (TPSA) is 66.4 Å². The number of hydrogen-bond donors (Lipinski definition) is 2. The monoisotopic (exact) mass is 361 g/mol. The van der Waals surface area contributed by atoms with E-state index in [0.717, 1.165) is 8.66 Å². The fourth-order valence-electron chi connectivity index (χ4n) is 1.66. The first-order valence-corrected chi connectivity index (χ1v) is 8.47. The molecule has 0 fully saturated rings. The fraction of sp³-hybridized carbons (Fsp3) is 0.167. The Balaban J connectivity index is 2.39. The van der Waals surface area contributed by atoms with Gasteiger partial charge in [0.1, 0.15) is 10.6 Å². The van der Waals surface area contributed by atoms with E-state index < -0.39 is 10.0 Å². The lowest BCUT2D eigenvalue weighted by Crippen LogP contribution is -2.13. The van der Waals surface area contributed by atoms with Gasteiger partial charge >= 0.3 is 0 Å². The van der Waals surface area contributed by atoms with Crippen LogP contribution in [0.2, 0.25) is 0 Å². The van der Waals surface area contributed by atoms with E-state index in [1.807, 2.05) is 0 Å². The van der Waals surface area contributed by atoms with E-state index in [4.69, 9.17) is 0 Å². The summed E-state index contributed by atoms with van der Waals surface area (Å²) in [4.78, 5) is 0.979. The highest BCUT2D eigenvalue weighted by molar-refractivity contribution is 9.11. The van der Waals surface area contributed by atoms with Crippen LogP contribution in [-0.2, 0) is 10.0 Å². The number of phenolic OH excluding ortho intramolecular Hbond substituents is 1. The highest BCUT2D eigenvalue weighted by Crippen LogP contribution is 2.31. The summed E-state index contributed by atoms with van der Waals surface area (Å²) in [7, 11) is -3.61.